The highest BCUT2D eigenvalue weighted by Crippen LogP contribution is 2.21. The fraction of sp³-hybridized carbons (Fsp3) is 0.538. The molecule has 1 aromatic rings. The molecule has 1 aliphatic rings. The van der Waals surface area contributed by atoms with Gasteiger partial charge < -0.3 is 4.90 Å². The lowest BCUT2D eigenvalue weighted by atomic mass is 10.1. The van der Waals surface area contributed by atoms with Gasteiger partial charge >= 0.3 is 0 Å². The number of hydrogen-bond donors (Lipinski definition) is 1. The van der Waals surface area contributed by atoms with E-state index in [1.54, 1.807) is 6.07 Å². The minimum atomic E-state index is -3.42. The molecule has 1 atom stereocenters. The first-order chi connectivity index (χ1) is 8.88. The van der Waals surface area contributed by atoms with Crippen molar-refractivity contribution in [2.75, 3.05) is 26.7 Å². The van der Waals surface area contributed by atoms with E-state index >= 15 is 0 Å². The third-order valence-corrected chi connectivity index (χ3v) is 5.55. The van der Waals surface area contributed by atoms with Gasteiger partial charge in [-0.25, -0.2) is 13.1 Å². The van der Waals surface area contributed by atoms with E-state index in [2.05, 4.69) is 32.6 Å². The van der Waals surface area contributed by atoms with Crippen molar-refractivity contribution in [3.8, 4) is 0 Å². The fourth-order valence-corrected chi connectivity index (χ4v) is 4.26. The Hall–Kier alpha value is -0.430. The van der Waals surface area contributed by atoms with Crippen LogP contribution in [-0.4, -0.2) is 40.0 Å². The number of nitrogens with zero attached hydrogens (tertiary/aromatic N) is 1. The number of sulfonamides is 1. The maximum Gasteiger partial charge on any atom is 0.240 e. The fourth-order valence-electron chi connectivity index (χ4n) is 2.36. The van der Waals surface area contributed by atoms with Gasteiger partial charge in [0.05, 0.1) is 4.90 Å². The van der Waals surface area contributed by atoms with E-state index in [1.807, 2.05) is 19.1 Å². The Morgan fingerprint density at radius 1 is 1.47 bits per heavy atom. The molecule has 0 amide bonds. The second-order valence-corrected chi connectivity index (χ2v) is 7.83. The molecule has 0 bridgehead atoms. The zero-order chi connectivity index (χ0) is 14.0. The van der Waals surface area contributed by atoms with Gasteiger partial charge in [0, 0.05) is 17.6 Å². The van der Waals surface area contributed by atoms with E-state index in [0.717, 1.165) is 29.5 Å². The van der Waals surface area contributed by atoms with E-state index in [9.17, 15) is 8.42 Å². The molecule has 1 fully saturated rings. The molecule has 6 heteroatoms. The Morgan fingerprint density at radius 3 is 2.84 bits per heavy atom. The molecule has 19 heavy (non-hydrogen) atoms. The van der Waals surface area contributed by atoms with Gasteiger partial charge in [-0.05, 0) is 50.6 Å². The van der Waals surface area contributed by atoms with Gasteiger partial charge in [-0.1, -0.05) is 22.0 Å². The molecule has 1 aliphatic heterocycles. The molecule has 1 aromatic carbocycles. The molecule has 4 nitrogen and oxygen atoms in total. The molecule has 2 rings (SSSR count). The molecular formula is C13H19BrN2O2S. The summed E-state index contributed by atoms with van der Waals surface area (Å²) in [6.45, 7) is 4.32. The summed E-state index contributed by atoms with van der Waals surface area (Å²) in [5, 5.41) is 0. The summed E-state index contributed by atoms with van der Waals surface area (Å²) in [4.78, 5) is 2.58. The second kappa shape index (κ2) is 5.91. The molecule has 0 spiro atoms. The summed E-state index contributed by atoms with van der Waals surface area (Å²) in [6.07, 6.45) is 1.05. The van der Waals surface area contributed by atoms with Gasteiger partial charge in [-0.15, -0.1) is 0 Å². The quantitative estimate of drug-likeness (QED) is 0.906. The SMILES string of the molecule is Cc1ccc(Br)cc1S(=O)(=O)NCC1CCN(C)C1. The number of benzene rings is 1. The lowest BCUT2D eigenvalue weighted by Crippen LogP contribution is -2.31. The number of aryl methyl sites for hydroxylation is 1. The summed E-state index contributed by atoms with van der Waals surface area (Å²) in [7, 11) is -1.35. The van der Waals surface area contributed by atoms with Crippen molar-refractivity contribution < 1.29 is 8.42 Å². The largest absolute Gasteiger partial charge is 0.306 e. The average molecular weight is 347 g/mol. The highest BCUT2D eigenvalue weighted by Gasteiger charge is 2.23. The van der Waals surface area contributed by atoms with Crippen molar-refractivity contribution in [1.29, 1.82) is 0 Å². The highest BCUT2D eigenvalue weighted by molar-refractivity contribution is 9.10. The van der Waals surface area contributed by atoms with Crippen LogP contribution in [0.1, 0.15) is 12.0 Å². The Kier molecular flexibility index (Phi) is 4.66. The predicted octanol–water partition coefficient (Wildman–Crippen LogP) is 1.99. The topological polar surface area (TPSA) is 49.4 Å². The molecule has 0 radical (unpaired) electrons. The minimum absolute atomic E-state index is 0.355. The van der Waals surface area contributed by atoms with Crippen LogP contribution >= 0.6 is 15.9 Å². The van der Waals surface area contributed by atoms with Crippen molar-refractivity contribution in [2.45, 2.75) is 18.2 Å². The van der Waals surface area contributed by atoms with Crippen LogP contribution in [0.3, 0.4) is 0 Å². The van der Waals surface area contributed by atoms with Crippen LogP contribution in [0.5, 0.6) is 0 Å². The van der Waals surface area contributed by atoms with E-state index in [4.69, 9.17) is 0 Å². The van der Waals surface area contributed by atoms with Gasteiger partial charge in [0.15, 0.2) is 0 Å². The number of hydrogen-bond acceptors (Lipinski definition) is 3. The van der Waals surface area contributed by atoms with Crippen LogP contribution in [0.4, 0.5) is 0 Å². The van der Waals surface area contributed by atoms with Gasteiger partial charge in [-0.3, -0.25) is 0 Å². The zero-order valence-corrected chi connectivity index (χ0v) is 13.6. The van der Waals surface area contributed by atoms with E-state index in [-0.39, 0.29) is 0 Å². The molecule has 1 heterocycles. The van der Waals surface area contributed by atoms with Crippen LogP contribution in [-0.2, 0) is 10.0 Å². The third-order valence-electron chi connectivity index (χ3n) is 3.49. The maximum absolute atomic E-state index is 12.3. The summed E-state index contributed by atoms with van der Waals surface area (Å²) in [6, 6.07) is 5.31. The van der Waals surface area contributed by atoms with Crippen molar-refractivity contribution in [3.63, 3.8) is 0 Å². The van der Waals surface area contributed by atoms with E-state index in [1.165, 1.54) is 0 Å². The molecular weight excluding hydrogens is 328 g/mol. The molecule has 0 aliphatic carbocycles. The summed E-state index contributed by atoms with van der Waals surface area (Å²) < 4.78 is 28.1. The smallest absolute Gasteiger partial charge is 0.240 e. The Labute approximate surface area is 123 Å². The monoisotopic (exact) mass is 346 g/mol. The number of halogens is 1. The summed E-state index contributed by atoms with van der Waals surface area (Å²) >= 11 is 3.32. The van der Waals surface area contributed by atoms with Crippen LogP contribution in [0.15, 0.2) is 27.6 Å². The molecule has 0 saturated carbocycles. The number of likely N-dealkylation sites (tertiary alicyclic amines) is 1. The van der Waals surface area contributed by atoms with Crippen molar-refractivity contribution in [1.82, 2.24) is 9.62 Å². The van der Waals surface area contributed by atoms with Gasteiger partial charge in [0.25, 0.3) is 0 Å². The first-order valence-electron chi connectivity index (χ1n) is 6.33. The van der Waals surface area contributed by atoms with Crippen LogP contribution < -0.4 is 4.72 Å². The van der Waals surface area contributed by atoms with Crippen LogP contribution in [0, 0.1) is 12.8 Å². The van der Waals surface area contributed by atoms with Crippen LogP contribution in [0.25, 0.3) is 0 Å². The zero-order valence-electron chi connectivity index (χ0n) is 11.2. The third kappa shape index (κ3) is 3.78. The lowest BCUT2D eigenvalue weighted by Gasteiger charge is -2.13. The van der Waals surface area contributed by atoms with Crippen molar-refractivity contribution >= 4 is 26.0 Å². The maximum atomic E-state index is 12.3. The second-order valence-electron chi connectivity index (χ2n) is 5.18. The Balaban J connectivity index is 2.08. The van der Waals surface area contributed by atoms with Crippen molar-refractivity contribution in [2.24, 2.45) is 5.92 Å². The average Bonchev–Trinajstić information content (AvgIpc) is 2.76. The van der Waals surface area contributed by atoms with Crippen LogP contribution in [0.2, 0.25) is 0 Å². The normalized spacial score (nSPS) is 20.9. The van der Waals surface area contributed by atoms with E-state index < -0.39 is 10.0 Å². The summed E-state index contributed by atoms with van der Waals surface area (Å²) in [5.74, 6) is 0.409. The lowest BCUT2D eigenvalue weighted by molar-refractivity contribution is 0.394. The molecule has 0 aromatic heterocycles. The van der Waals surface area contributed by atoms with Crippen molar-refractivity contribution in [3.05, 3.63) is 28.2 Å². The minimum Gasteiger partial charge on any atom is -0.306 e. The summed E-state index contributed by atoms with van der Waals surface area (Å²) in [5.41, 5.74) is 0.763. The Morgan fingerprint density at radius 2 is 2.21 bits per heavy atom. The molecule has 1 N–H and O–H groups in total. The predicted molar refractivity (Wildman–Crippen MR) is 79.7 cm³/mol. The standard InChI is InChI=1S/C13H19BrN2O2S/c1-10-3-4-12(14)7-13(10)19(17,18)15-8-11-5-6-16(2)9-11/h3-4,7,11,15H,5-6,8-9H2,1-2H3. The van der Waals surface area contributed by atoms with Gasteiger partial charge in [-0.2, -0.15) is 0 Å². The number of rotatable bonds is 4. The first kappa shape index (κ1) is 15.0. The molecule has 1 saturated heterocycles. The highest BCUT2D eigenvalue weighted by atomic mass is 79.9. The molecule has 106 valence electrons. The molecule has 1 unspecified atom stereocenters. The van der Waals surface area contributed by atoms with Gasteiger partial charge in [0.1, 0.15) is 0 Å². The van der Waals surface area contributed by atoms with E-state index in [0.29, 0.717) is 17.4 Å². The van der Waals surface area contributed by atoms with Gasteiger partial charge in [0.2, 0.25) is 10.0 Å². The number of nitrogens with one attached hydrogen (secondary N) is 1. The Bertz CT molecular complexity index is 560. The first-order valence-corrected chi connectivity index (χ1v) is 8.60.